The van der Waals surface area contributed by atoms with Crippen LogP contribution in [0.1, 0.15) is 62.9 Å². The molecule has 0 aliphatic carbocycles. The molecule has 2 aliphatic rings. The minimum absolute atomic E-state index is 0.263. The number of nitrogens with zero attached hydrogens (tertiary/aromatic N) is 3. The second kappa shape index (κ2) is 6.48. The summed E-state index contributed by atoms with van der Waals surface area (Å²) in [6.07, 6.45) is 4.77. The van der Waals surface area contributed by atoms with Gasteiger partial charge in [-0.1, -0.05) is 13.0 Å². The smallest absolute Gasteiger partial charge is 0.0970 e. The first-order chi connectivity index (χ1) is 11.9. The first-order valence-corrected chi connectivity index (χ1v) is 10.4. The molecule has 2 aromatic rings. The fourth-order valence-corrected chi connectivity index (χ4v) is 5.16. The van der Waals surface area contributed by atoms with Crippen molar-refractivity contribution in [1.29, 1.82) is 0 Å². The van der Waals surface area contributed by atoms with E-state index in [2.05, 4.69) is 50.9 Å². The summed E-state index contributed by atoms with van der Waals surface area (Å²) in [6, 6.07) is 6.77. The summed E-state index contributed by atoms with van der Waals surface area (Å²) in [6.45, 7) is 9.13. The van der Waals surface area contributed by atoms with Crippen LogP contribution in [0.2, 0.25) is 0 Å². The van der Waals surface area contributed by atoms with Crippen molar-refractivity contribution in [2.24, 2.45) is 10.9 Å². The summed E-state index contributed by atoms with van der Waals surface area (Å²) < 4.78 is 1.32. The Balaban J connectivity index is 1.61. The van der Waals surface area contributed by atoms with Crippen LogP contribution in [0.15, 0.2) is 23.2 Å². The summed E-state index contributed by atoms with van der Waals surface area (Å²) in [7, 11) is 2.24. The summed E-state index contributed by atoms with van der Waals surface area (Å²) in [5.41, 5.74) is 3.98. The highest BCUT2D eigenvalue weighted by Gasteiger charge is 2.34. The lowest BCUT2D eigenvalue weighted by Crippen LogP contribution is -2.46. The van der Waals surface area contributed by atoms with Gasteiger partial charge in [0.05, 0.1) is 15.2 Å². The lowest BCUT2D eigenvalue weighted by molar-refractivity contribution is 0.0942. The molecule has 2 unspecified atom stereocenters. The Bertz CT molecular complexity index is 805. The predicted octanol–water partition coefficient (Wildman–Crippen LogP) is 5.10. The number of hydrogen-bond acceptors (Lipinski definition) is 4. The van der Waals surface area contributed by atoms with Crippen LogP contribution in [-0.4, -0.2) is 41.3 Å². The Morgan fingerprint density at radius 1 is 1.24 bits per heavy atom. The molecule has 4 rings (SSSR count). The van der Waals surface area contributed by atoms with Gasteiger partial charge >= 0.3 is 0 Å². The van der Waals surface area contributed by atoms with Crippen LogP contribution >= 0.6 is 11.3 Å². The first kappa shape index (κ1) is 17.2. The van der Waals surface area contributed by atoms with Gasteiger partial charge < -0.3 is 4.90 Å². The Labute approximate surface area is 155 Å². The van der Waals surface area contributed by atoms with Crippen molar-refractivity contribution in [3.05, 3.63) is 28.8 Å². The Morgan fingerprint density at radius 3 is 2.80 bits per heavy atom. The van der Waals surface area contributed by atoms with E-state index in [1.54, 1.807) is 0 Å². The third-order valence-corrected chi connectivity index (χ3v) is 7.35. The first-order valence-electron chi connectivity index (χ1n) is 9.58. The van der Waals surface area contributed by atoms with E-state index in [0.29, 0.717) is 5.92 Å². The van der Waals surface area contributed by atoms with Crippen molar-refractivity contribution in [1.82, 2.24) is 9.88 Å². The summed E-state index contributed by atoms with van der Waals surface area (Å²) in [5, 5.41) is 1.33. The summed E-state index contributed by atoms with van der Waals surface area (Å²) in [5.74, 6) is 1.33. The zero-order valence-electron chi connectivity index (χ0n) is 15.9. The van der Waals surface area contributed by atoms with Crippen LogP contribution in [0, 0.1) is 5.92 Å². The second-order valence-electron chi connectivity index (χ2n) is 8.59. The molecule has 25 heavy (non-hydrogen) atoms. The van der Waals surface area contributed by atoms with E-state index in [1.165, 1.54) is 40.2 Å². The van der Waals surface area contributed by atoms with Crippen LogP contribution in [0.3, 0.4) is 0 Å². The van der Waals surface area contributed by atoms with Gasteiger partial charge in [0.1, 0.15) is 0 Å². The number of thiazole rings is 1. The van der Waals surface area contributed by atoms with Gasteiger partial charge in [-0.15, -0.1) is 11.3 Å². The van der Waals surface area contributed by atoms with Gasteiger partial charge in [-0.2, -0.15) is 0 Å². The van der Waals surface area contributed by atoms with Gasteiger partial charge in [-0.3, -0.25) is 4.99 Å². The third kappa shape index (κ3) is 3.39. The Morgan fingerprint density at radius 2 is 2.08 bits per heavy atom. The highest BCUT2D eigenvalue weighted by Crippen LogP contribution is 2.39. The fourth-order valence-electron chi connectivity index (χ4n) is 4.08. The van der Waals surface area contributed by atoms with Crippen molar-refractivity contribution in [2.45, 2.75) is 57.9 Å². The minimum atomic E-state index is 0.263. The molecular formula is C21H29N3S. The topological polar surface area (TPSA) is 28.5 Å². The van der Waals surface area contributed by atoms with Gasteiger partial charge in [0.2, 0.25) is 0 Å². The van der Waals surface area contributed by atoms with Crippen molar-refractivity contribution in [3.8, 4) is 0 Å². The van der Waals surface area contributed by atoms with E-state index in [0.717, 1.165) is 30.9 Å². The molecule has 3 nitrogen and oxygen atoms in total. The fraction of sp³-hybridized carbons (Fsp3) is 0.619. The number of aliphatic imine (C=N–C) groups is 1. The predicted molar refractivity (Wildman–Crippen MR) is 108 cm³/mol. The molecule has 1 fully saturated rings. The normalized spacial score (nSPS) is 27.4. The molecule has 2 atom stereocenters. The summed E-state index contributed by atoms with van der Waals surface area (Å²) in [4.78, 5) is 12.3. The maximum absolute atomic E-state index is 5.04. The van der Waals surface area contributed by atoms with Gasteiger partial charge in [0, 0.05) is 23.7 Å². The van der Waals surface area contributed by atoms with Crippen LogP contribution in [-0.2, 0) is 0 Å². The van der Waals surface area contributed by atoms with Gasteiger partial charge in [0.25, 0.3) is 0 Å². The molecule has 1 saturated heterocycles. The molecular weight excluding hydrogens is 326 g/mol. The zero-order valence-corrected chi connectivity index (χ0v) is 16.7. The third-order valence-electron chi connectivity index (χ3n) is 6.15. The average molecular weight is 356 g/mol. The van der Waals surface area contributed by atoms with Crippen LogP contribution in [0.5, 0.6) is 0 Å². The lowest BCUT2D eigenvalue weighted by Gasteiger charge is -2.43. The maximum atomic E-state index is 5.04. The van der Waals surface area contributed by atoms with Crippen molar-refractivity contribution in [2.75, 3.05) is 20.1 Å². The van der Waals surface area contributed by atoms with E-state index in [1.807, 2.05) is 11.3 Å². The van der Waals surface area contributed by atoms with Gasteiger partial charge in [-0.25, -0.2) is 4.98 Å². The molecule has 0 bridgehead atoms. The molecule has 0 N–H and O–H groups in total. The quantitative estimate of drug-likeness (QED) is 0.749. The largest absolute Gasteiger partial charge is 0.301 e. The monoisotopic (exact) mass is 355 g/mol. The molecule has 2 aliphatic heterocycles. The molecule has 0 amide bonds. The van der Waals surface area contributed by atoms with Crippen LogP contribution < -0.4 is 0 Å². The highest BCUT2D eigenvalue weighted by molar-refractivity contribution is 7.18. The molecule has 134 valence electrons. The molecule has 0 saturated carbocycles. The van der Waals surface area contributed by atoms with Crippen molar-refractivity contribution < 1.29 is 0 Å². The Kier molecular flexibility index (Phi) is 4.45. The van der Waals surface area contributed by atoms with Gasteiger partial charge in [0.15, 0.2) is 0 Å². The molecule has 0 radical (unpaired) electrons. The number of likely N-dealkylation sites (tertiary alicyclic amines) is 1. The maximum Gasteiger partial charge on any atom is 0.0970 e. The van der Waals surface area contributed by atoms with E-state index >= 15 is 0 Å². The van der Waals surface area contributed by atoms with Gasteiger partial charge in [-0.05, 0) is 76.7 Å². The van der Waals surface area contributed by atoms with E-state index in [4.69, 9.17) is 9.98 Å². The number of hydrogen-bond donors (Lipinski definition) is 0. The highest BCUT2D eigenvalue weighted by atomic mass is 32.1. The van der Waals surface area contributed by atoms with Crippen molar-refractivity contribution >= 4 is 27.3 Å². The summed E-state index contributed by atoms with van der Waals surface area (Å²) >= 11 is 1.89. The number of aromatic nitrogens is 1. The minimum Gasteiger partial charge on any atom is -0.301 e. The lowest BCUT2D eigenvalue weighted by atomic mass is 9.83. The SMILES string of the molecule is CC1CCC(c2ccc3sc(C4CCN(C)C(C)(C)C4)nc3c2)=NC1. The molecule has 1 aromatic heterocycles. The standard InChI is InChI=1S/C21H29N3S/c1-14-5-7-17(22-13-14)15-6-8-19-18(11-15)23-20(25-19)16-9-10-24(4)21(2,3)12-16/h6,8,11,14,16H,5,7,9-10,12-13H2,1-4H3. The average Bonchev–Trinajstić information content (AvgIpc) is 3.01. The van der Waals surface area contributed by atoms with E-state index in [-0.39, 0.29) is 5.54 Å². The van der Waals surface area contributed by atoms with E-state index in [9.17, 15) is 0 Å². The van der Waals surface area contributed by atoms with Crippen LogP contribution in [0.25, 0.3) is 10.2 Å². The number of benzene rings is 1. The number of fused-ring (bicyclic) bond motifs is 1. The molecule has 0 spiro atoms. The second-order valence-corrected chi connectivity index (χ2v) is 9.65. The molecule has 1 aromatic carbocycles. The number of rotatable bonds is 2. The molecule has 3 heterocycles. The van der Waals surface area contributed by atoms with Crippen LogP contribution in [0.4, 0.5) is 0 Å². The molecule has 4 heteroatoms. The number of piperidine rings is 1. The Hall–Kier alpha value is -1.26. The van der Waals surface area contributed by atoms with Crippen molar-refractivity contribution in [3.63, 3.8) is 0 Å². The zero-order chi connectivity index (χ0) is 17.6. The van der Waals surface area contributed by atoms with E-state index < -0.39 is 0 Å².